The number of carboxylic acids is 1. The van der Waals surface area contributed by atoms with Crippen molar-refractivity contribution < 1.29 is 24.6 Å². The second-order valence-electron chi connectivity index (χ2n) is 7.66. The number of aromatic nitrogens is 1. The fourth-order valence-corrected chi connectivity index (χ4v) is 3.78. The lowest BCUT2D eigenvalue weighted by atomic mass is 9.97. The number of carboxylic acid groups (broad SMARTS) is 1. The molecule has 7 nitrogen and oxygen atoms in total. The van der Waals surface area contributed by atoms with Crippen LogP contribution in [-0.2, 0) is 9.63 Å². The van der Waals surface area contributed by atoms with Gasteiger partial charge in [-0.05, 0) is 18.8 Å². The van der Waals surface area contributed by atoms with E-state index in [1.165, 1.54) is 10.4 Å². The molecule has 0 radical (unpaired) electrons. The minimum absolute atomic E-state index is 0.0600. The fourth-order valence-electron chi connectivity index (χ4n) is 2.99. The van der Waals surface area contributed by atoms with Gasteiger partial charge in [0.05, 0.1) is 12.6 Å². The third kappa shape index (κ3) is 8.80. The number of hydrogen-bond donors (Lipinski definition) is 2. The summed E-state index contributed by atoms with van der Waals surface area (Å²) >= 11 is 1.11. The number of aliphatic hydroxyl groups is 1. The first-order valence-electron chi connectivity index (χ1n) is 10.6. The Hall–Kier alpha value is -1.51. The summed E-state index contributed by atoms with van der Waals surface area (Å²) in [5.41, 5.74) is -0.0757. The molecule has 2 N–H and O–H groups in total. The number of amides is 1. The van der Waals surface area contributed by atoms with Crippen molar-refractivity contribution in [1.29, 1.82) is 0 Å². The van der Waals surface area contributed by atoms with Crippen molar-refractivity contribution in [3.63, 3.8) is 0 Å². The average molecular weight is 429 g/mol. The van der Waals surface area contributed by atoms with E-state index in [0.717, 1.165) is 49.9 Å². The van der Waals surface area contributed by atoms with Crippen molar-refractivity contribution in [2.75, 3.05) is 6.61 Å². The zero-order valence-electron chi connectivity index (χ0n) is 18.1. The number of rotatable bonds is 15. The van der Waals surface area contributed by atoms with E-state index in [0.29, 0.717) is 18.0 Å². The zero-order valence-corrected chi connectivity index (χ0v) is 18.9. The normalized spacial score (nSPS) is 13.4. The van der Waals surface area contributed by atoms with Crippen LogP contribution < -0.4 is 0 Å². The monoisotopic (exact) mass is 428 g/mol. The molecule has 166 valence electrons. The topological polar surface area (TPSA) is 100.0 Å². The summed E-state index contributed by atoms with van der Waals surface area (Å²) in [7, 11) is 0. The Kier molecular flexibility index (Phi) is 12.0. The number of hydrogen-bond acceptors (Lipinski definition) is 6. The molecule has 0 aliphatic rings. The van der Waals surface area contributed by atoms with Gasteiger partial charge in [-0.3, -0.25) is 9.63 Å². The molecule has 1 rings (SSSR count). The Labute approximate surface area is 178 Å². The van der Waals surface area contributed by atoms with Gasteiger partial charge in [-0.15, -0.1) is 11.3 Å². The van der Waals surface area contributed by atoms with E-state index < -0.39 is 12.1 Å². The molecule has 1 aromatic heterocycles. The molecule has 1 aromatic rings. The first kappa shape index (κ1) is 25.5. The van der Waals surface area contributed by atoms with Crippen LogP contribution in [-0.4, -0.2) is 44.8 Å². The summed E-state index contributed by atoms with van der Waals surface area (Å²) in [6.07, 6.45) is 5.61. The van der Waals surface area contributed by atoms with E-state index in [4.69, 9.17) is 9.94 Å². The Balaban J connectivity index is 2.88. The van der Waals surface area contributed by atoms with E-state index in [1.807, 2.05) is 20.8 Å². The van der Waals surface area contributed by atoms with Gasteiger partial charge in [0.2, 0.25) is 5.91 Å². The minimum Gasteiger partial charge on any atom is -0.476 e. The van der Waals surface area contributed by atoms with Gasteiger partial charge in [0, 0.05) is 18.2 Å². The molecule has 0 bridgehead atoms. The second-order valence-corrected chi connectivity index (χ2v) is 8.55. The zero-order chi connectivity index (χ0) is 21.8. The summed E-state index contributed by atoms with van der Waals surface area (Å²) in [5.74, 6) is -1.13. The number of aliphatic hydroxyl groups excluding tert-OH is 1. The number of unbranched alkanes of at least 4 members (excludes halogenated alkanes) is 4. The number of nitrogens with zero attached hydrogens (tertiary/aromatic N) is 2. The van der Waals surface area contributed by atoms with Crippen LogP contribution in [0.1, 0.15) is 101 Å². The fraction of sp³-hybridized carbons (Fsp3) is 0.762. The summed E-state index contributed by atoms with van der Waals surface area (Å²) in [6, 6.07) is -0.322. The number of hydroxylamine groups is 2. The second kappa shape index (κ2) is 13.7. The predicted octanol–water partition coefficient (Wildman–Crippen LogP) is 4.82. The van der Waals surface area contributed by atoms with Gasteiger partial charge in [0.25, 0.3) is 0 Å². The van der Waals surface area contributed by atoms with Crippen molar-refractivity contribution in [3.05, 3.63) is 16.1 Å². The quantitative estimate of drug-likeness (QED) is 0.307. The third-order valence-corrected chi connectivity index (χ3v) is 5.73. The molecular weight excluding hydrogens is 392 g/mol. The molecule has 29 heavy (non-hydrogen) atoms. The minimum atomic E-state index is -1.12. The average Bonchev–Trinajstić information content (AvgIpc) is 3.18. The van der Waals surface area contributed by atoms with Crippen LogP contribution in [0.3, 0.4) is 0 Å². The standard InChI is InChI=1S/C21H36N2O5S/c1-5-7-9-10-12-28-23(19(25)11-8-6-2)17(15(3)4)13-18(24)20-22-16(14-29-20)21(26)27/h14-15,17-18,24H,5-13H2,1-4H3,(H,26,27). The Morgan fingerprint density at radius 2 is 1.86 bits per heavy atom. The molecular formula is C21H36N2O5S. The molecule has 0 saturated carbocycles. The van der Waals surface area contributed by atoms with Crippen LogP contribution in [0, 0.1) is 5.92 Å². The number of thiazole rings is 1. The molecule has 1 amide bonds. The van der Waals surface area contributed by atoms with E-state index in [2.05, 4.69) is 11.9 Å². The van der Waals surface area contributed by atoms with E-state index in [-0.39, 0.29) is 30.0 Å². The lowest BCUT2D eigenvalue weighted by Gasteiger charge is -2.34. The van der Waals surface area contributed by atoms with Gasteiger partial charge >= 0.3 is 5.97 Å². The maximum atomic E-state index is 12.8. The number of carbonyl (C=O) groups is 2. The molecule has 0 aliphatic heterocycles. The lowest BCUT2D eigenvalue weighted by Crippen LogP contribution is -2.44. The highest BCUT2D eigenvalue weighted by molar-refractivity contribution is 7.09. The molecule has 0 aromatic carbocycles. The van der Waals surface area contributed by atoms with E-state index >= 15 is 0 Å². The van der Waals surface area contributed by atoms with Gasteiger partial charge < -0.3 is 10.2 Å². The van der Waals surface area contributed by atoms with Gasteiger partial charge in [-0.1, -0.05) is 53.4 Å². The van der Waals surface area contributed by atoms with Crippen LogP contribution in [0.25, 0.3) is 0 Å². The maximum absolute atomic E-state index is 12.8. The third-order valence-electron chi connectivity index (χ3n) is 4.78. The Bertz CT molecular complexity index is 620. The molecule has 8 heteroatoms. The van der Waals surface area contributed by atoms with Gasteiger partial charge in [-0.2, -0.15) is 0 Å². The van der Waals surface area contributed by atoms with E-state index in [1.54, 1.807) is 0 Å². The molecule has 1 heterocycles. The molecule has 0 spiro atoms. The largest absolute Gasteiger partial charge is 0.476 e. The lowest BCUT2D eigenvalue weighted by molar-refractivity contribution is -0.209. The van der Waals surface area contributed by atoms with Crippen LogP contribution in [0.5, 0.6) is 0 Å². The van der Waals surface area contributed by atoms with Crippen LogP contribution in [0.2, 0.25) is 0 Å². The highest BCUT2D eigenvalue weighted by atomic mass is 32.1. The van der Waals surface area contributed by atoms with Crippen molar-refractivity contribution in [3.8, 4) is 0 Å². The smallest absolute Gasteiger partial charge is 0.355 e. The first-order chi connectivity index (χ1) is 13.8. The molecule has 2 unspecified atom stereocenters. The summed E-state index contributed by atoms with van der Waals surface area (Å²) in [4.78, 5) is 33.8. The van der Waals surface area contributed by atoms with Crippen molar-refractivity contribution in [2.24, 2.45) is 5.92 Å². The molecule has 0 aliphatic carbocycles. The summed E-state index contributed by atoms with van der Waals surface area (Å²) in [6.45, 7) is 8.63. The van der Waals surface area contributed by atoms with Crippen LogP contribution >= 0.6 is 11.3 Å². The van der Waals surface area contributed by atoms with Crippen LogP contribution in [0.15, 0.2) is 5.38 Å². The van der Waals surface area contributed by atoms with Crippen LogP contribution in [0.4, 0.5) is 0 Å². The van der Waals surface area contributed by atoms with E-state index in [9.17, 15) is 14.7 Å². The summed E-state index contributed by atoms with van der Waals surface area (Å²) < 4.78 is 0. The molecule has 0 saturated heterocycles. The molecule has 2 atom stereocenters. The van der Waals surface area contributed by atoms with Gasteiger partial charge in [0.1, 0.15) is 11.1 Å². The number of aromatic carboxylic acids is 1. The Morgan fingerprint density at radius 1 is 1.17 bits per heavy atom. The first-order valence-corrected chi connectivity index (χ1v) is 11.5. The van der Waals surface area contributed by atoms with Gasteiger partial charge in [0.15, 0.2) is 5.69 Å². The summed E-state index contributed by atoms with van der Waals surface area (Å²) in [5, 5.41) is 22.9. The highest BCUT2D eigenvalue weighted by Gasteiger charge is 2.31. The van der Waals surface area contributed by atoms with Gasteiger partial charge in [-0.25, -0.2) is 14.8 Å². The maximum Gasteiger partial charge on any atom is 0.355 e. The van der Waals surface area contributed by atoms with Crippen molar-refractivity contribution >= 4 is 23.2 Å². The Morgan fingerprint density at radius 3 is 2.41 bits per heavy atom. The molecule has 0 fully saturated rings. The van der Waals surface area contributed by atoms with Crippen molar-refractivity contribution in [2.45, 2.75) is 91.2 Å². The highest BCUT2D eigenvalue weighted by Crippen LogP contribution is 2.28. The predicted molar refractivity (Wildman–Crippen MR) is 114 cm³/mol. The SMILES string of the molecule is CCCCCCON(C(=O)CCCC)C(CC(O)c1nc(C(=O)O)cs1)C(C)C. The number of carbonyl (C=O) groups excluding carboxylic acids is 1. The van der Waals surface area contributed by atoms with Crippen molar-refractivity contribution in [1.82, 2.24) is 10.0 Å².